The average Bonchev–Trinajstić information content (AvgIpc) is 2.33. The summed E-state index contributed by atoms with van der Waals surface area (Å²) in [5.41, 5.74) is 2.58. The average molecular weight is 315 g/mol. The smallest absolute Gasteiger partial charge is 0.0663 e. The van der Waals surface area contributed by atoms with Crippen molar-refractivity contribution in [2.24, 2.45) is 0 Å². The van der Waals surface area contributed by atoms with E-state index < -0.39 is 0 Å². The number of halogens is 1. The number of hydrogen-bond acceptors (Lipinski definition) is 3. The van der Waals surface area contributed by atoms with Crippen LogP contribution in [0.5, 0.6) is 0 Å². The van der Waals surface area contributed by atoms with Crippen LogP contribution in [0.25, 0.3) is 0 Å². The van der Waals surface area contributed by atoms with Gasteiger partial charge in [0.05, 0.1) is 6.61 Å². The molecule has 0 fully saturated rings. The highest BCUT2D eigenvalue weighted by Gasteiger charge is 2.15. The summed E-state index contributed by atoms with van der Waals surface area (Å²) in [7, 11) is 3.72. The van der Waals surface area contributed by atoms with Gasteiger partial charge in [-0.2, -0.15) is 0 Å². The van der Waals surface area contributed by atoms with E-state index in [0.717, 1.165) is 24.2 Å². The van der Waals surface area contributed by atoms with Gasteiger partial charge in [0, 0.05) is 36.4 Å². The molecule has 102 valence electrons. The van der Waals surface area contributed by atoms with E-state index in [0.29, 0.717) is 6.04 Å². The Morgan fingerprint density at radius 3 is 2.72 bits per heavy atom. The van der Waals surface area contributed by atoms with E-state index in [9.17, 15) is 0 Å². The zero-order chi connectivity index (χ0) is 13.5. The van der Waals surface area contributed by atoms with Crippen molar-refractivity contribution in [1.29, 1.82) is 0 Å². The number of nitrogens with zero attached hydrogens (tertiary/aromatic N) is 1. The number of methoxy groups -OCH3 is 1. The van der Waals surface area contributed by atoms with Gasteiger partial charge in [-0.3, -0.25) is 0 Å². The van der Waals surface area contributed by atoms with Crippen LogP contribution in [0.2, 0.25) is 0 Å². The van der Waals surface area contributed by atoms with Crippen molar-refractivity contribution in [2.45, 2.75) is 26.4 Å². The maximum absolute atomic E-state index is 5.26. The first-order valence-corrected chi connectivity index (χ1v) is 7.11. The lowest BCUT2D eigenvalue weighted by molar-refractivity contribution is 0.182. The number of rotatable bonds is 7. The van der Waals surface area contributed by atoms with Crippen LogP contribution in [0, 0.1) is 0 Å². The van der Waals surface area contributed by atoms with E-state index >= 15 is 0 Å². The molecular formula is C14H23BrN2O. The zero-order valence-electron chi connectivity index (χ0n) is 11.7. The third-order valence-electron chi connectivity index (χ3n) is 3.00. The van der Waals surface area contributed by atoms with Crippen LogP contribution in [0.4, 0.5) is 5.69 Å². The van der Waals surface area contributed by atoms with Crippen LogP contribution in [-0.4, -0.2) is 33.4 Å². The maximum atomic E-state index is 5.26. The standard InChI is InChI=1S/C14H23BrN2O/c1-5-17(11(2)10-18-4)14-7-6-13(15)8-12(14)9-16-3/h6-8,11,16H,5,9-10H2,1-4H3. The van der Waals surface area contributed by atoms with Gasteiger partial charge in [-0.1, -0.05) is 15.9 Å². The Morgan fingerprint density at radius 2 is 2.17 bits per heavy atom. The summed E-state index contributed by atoms with van der Waals surface area (Å²) in [5.74, 6) is 0. The van der Waals surface area contributed by atoms with Crippen molar-refractivity contribution < 1.29 is 4.74 Å². The topological polar surface area (TPSA) is 24.5 Å². The van der Waals surface area contributed by atoms with Crippen molar-refractivity contribution in [1.82, 2.24) is 5.32 Å². The second-order valence-corrected chi connectivity index (χ2v) is 5.31. The summed E-state index contributed by atoms with van der Waals surface area (Å²) in [5, 5.41) is 3.22. The van der Waals surface area contributed by atoms with E-state index in [-0.39, 0.29) is 0 Å². The van der Waals surface area contributed by atoms with Crippen LogP contribution in [-0.2, 0) is 11.3 Å². The van der Waals surface area contributed by atoms with Gasteiger partial charge < -0.3 is 15.0 Å². The van der Waals surface area contributed by atoms with Gasteiger partial charge in [0.1, 0.15) is 0 Å². The van der Waals surface area contributed by atoms with Crippen LogP contribution < -0.4 is 10.2 Å². The lowest BCUT2D eigenvalue weighted by Gasteiger charge is -2.31. The second-order valence-electron chi connectivity index (χ2n) is 4.39. The van der Waals surface area contributed by atoms with Crippen molar-refractivity contribution in [3.05, 3.63) is 28.2 Å². The predicted molar refractivity (Wildman–Crippen MR) is 81.3 cm³/mol. The Morgan fingerprint density at radius 1 is 1.44 bits per heavy atom. The van der Waals surface area contributed by atoms with Crippen LogP contribution >= 0.6 is 15.9 Å². The number of anilines is 1. The molecule has 0 heterocycles. The maximum Gasteiger partial charge on any atom is 0.0663 e. The summed E-state index contributed by atoms with van der Waals surface area (Å²) >= 11 is 3.53. The fraction of sp³-hybridized carbons (Fsp3) is 0.571. The number of benzene rings is 1. The van der Waals surface area contributed by atoms with Gasteiger partial charge in [0.15, 0.2) is 0 Å². The molecule has 1 rings (SSSR count). The van der Waals surface area contributed by atoms with Gasteiger partial charge in [0.25, 0.3) is 0 Å². The van der Waals surface area contributed by atoms with Gasteiger partial charge in [0.2, 0.25) is 0 Å². The highest BCUT2D eigenvalue weighted by Crippen LogP contribution is 2.26. The fourth-order valence-electron chi connectivity index (χ4n) is 2.22. The van der Waals surface area contributed by atoms with Gasteiger partial charge in [-0.25, -0.2) is 0 Å². The Balaban J connectivity index is 3.03. The monoisotopic (exact) mass is 314 g/mol. The molecule has 0 saturated heterocycles. The Bertz CT molecular complexity index is 371. The summed E-state index contributed by atoms with van der Waals surface area (Å²) in [6.45, 7) is 6.95. The lowest BCUT2D eigenvalue weighted by Crippen LogP contribution is -2.37. The lowest BCUT2D eigenvalue weighted by atomic mass is 10.1. The number of hydrogen-bond donors (Lipinski definition) is 1. The molecule has 0 aliphatic rings. The molecule has 0 saturated carbocycles. The minimum Gasteiger partial charge on any atom is -0.383 e. The summed E-state index contributed by atoms with van der Waals surface area (Å²) < 4.78 is 6.38. The van der Waals surface area contributed by atoms with Gasteiger partial charge in [-0.15, -0.1) is 0 Å². The first kappa shape index (κ1) is 15.5. The molecule has 0 aliphatic carbocycles. The minimum absolute atomic E-state index is 0.372. The molecule has 1 aromatic rings. The molecule has 0 amide bonds. The molecule has 0 aromatic heterocycles. The Labute approximate surface area is 119 Å². The van der Waals surface area contributed by atoms with E-state index in [1.165, 1.54) is 11.3 Å². The molecule has 3 nitrogen and oxygen atoms in total. The van der Waals surface area contributed by atoms with E-state index in [2.05, 4.69) is 58.2 Å². The first-order chi connectivity index (χ1) is 8.63. The van der Waals surface area contributed by atoms with Crippen molar-refractivity contribution >= 4 is 21.6 Å². The fourth-order valence-corrected chi connectivity index (χ4v) is 2.63. The van der Waals surface area contributed by atoms with Crippen molar-refractivity contribution in [2.75, 3.05) is 32.2 Å². The third-order valence-corrected chi connectivity index (χ3v) is 3.49. The normalized spacial score (nSPS) is 12.5. The quantitative estimate of drug-likeness (QED) is 0.837. The van der Waals surface area contributed by atoms with Crippen LogP contribution in [0.3, 0.4) is 0 Å². The SMILES string of the molecule is CCN(c1ccc(Br)cc1CNC)C(C)COC. The Kier molecular flexibility index (Phi) is 6.68. The van der Waals surface area contributed by atoms with E-state index in [4.69, 9.17) is 4.74 Å². The molecule has 0 bridgehead atoms. The molecule has 1 aromatic carbocycles. The van der Waals surface area contributed by atoms with Gasteiger partial charge in [-0.05, 0) is 44.7 Å². The van der Waals surface area contributed by atoms with Crippen LogP contribution in [0.1, 0.15) is 19.4 Å². The van der Waals surface area contributed by atoms with Crippen molar-refractivity contribution in [3.8, 4) is 0 Å². The van der Waals surface area contributed by atoms with E-state index in [1.807, 2.05) is 7.05 Å². The molecule has 1 N–H and O–H groups in total. The minimum atomic E-state index is 0.372. The van der Waals surface area contributed by atoms with E-state index in [1.54, 1.807) is 7.11 Å². The molecular weight excluding hydrogens is 292 g/mol. The highest BCUT2D eigenvalue weighted by molar-refractivity contribution is 9.10. The first-order valence-electron chi connectivity index (χ1n) is 6.32. The molecule has 0 spiro atoms. The molecule has 1 unspecified atom stereocenters. The van der Waals surface area contributed by atoms with Gasteiger partial charge >= 0.3 is 0 Å². The zero-order valence-corrected chi connectivity index (χ0v) is 13.3. The molecule has 0 radical (unpaired) electrons. The molecule has 0 aliphatic heterocycles. The third kappa shape index (κ3) is 3.97. The molecule has 1 atom stereocenters. The molecule has 4 heteroatoms. The van der Waals surface area contributed by atoms with Crippen LogP contribution in [0.15, 0.2) is 22.7 Å². The number of ether oxygens (including phenoxy) is 1. The number of nitrogens with one attached hydrogen (secondary N) is 1. The second kappa shape index (κ2) is 7.77. The summed E-state index contributed by atoms with van der Waals surface area (Å²) in [6.07, 6.45) is 0. The summed E-state index contributed by atoms with van der Waals surface area (Å²) in [6, 6.07) is 6.81. The van der Waals surface area contributed by atoms with Crippen molar-refractivity contribution in [3.63, 3.8) is 0 Å². The molecule has 18 heavy (non-hydrogen) atoms. The largest absolute Gasteiger partial charge is 0.383 e. The number of likely N-dealkylation sites (N-methyl/N-ethyl adjacent to an activating group) is 1. The Hall–Kier alpha value is -0.580. The highest BCUT2D eigenvalue weighted by atomic mass is 79.9. The summed E-state index contributed by atoms with van der Waals surface area (Å²) in [4.78, 5) is 2.38. The predicted octanol–water partition coefficient (Wildman–Crippen LogP) is 3.03.